The fourth-order valence-corrected chi connectivity index (χ4v) is 4.08. The van der Waals surface area contributed by atoms with Gasteiger partial charge in [0.25, 0.3) is 15.9 Å². The highest BCUT2D eigenvalue weighted by molar-refractivity contribution is 14.1. The number of benzene rings is 1. The number of rotatable bonds is 5. The Labute approximate surface area is 154 Å². The SMILES string of the molecule is O=C(Nc1ccc(S(=O)(=O)Nc2nccs2)cc1)c1[nH]ncc1I. The Kier molecular flexibility index (Phi) is 4.82. The summed E-state index contributed by atoms with van der Waals surface area (Å²) in [5.74, 6) is -0.353. The number of thiazole rings is 1. The number of carbonyl (C=O) groups excluding carboxylic acids is 1. The molecule has 0 radical (unpaired) electrons. The zero-order valence-corrected chi connectivity index (χ0v) is 15.6. The highest BCUT2D eigenvalue weighted by atomic mass is 127. The molecule has 0 spiro atoms. The lowest BCUT2D eigenvalue weighted by molar-refractivity contribution is 0.102. The predicted molar refractivity (Wildman–Crippen MR) is 98.6 cm³/mol. The molecule has 1 aromatic carbocycles. The molecule has 3 N–H and O–H groups in total. The standard InChI is InChI=1S/C13H10IN5O3S2/c14-10-7-16-18-11(10)12(20)17-8-1-3-9(4-2-8)24(21,22)19-13-15-5-6-23-13/h1-7H,(H,15,19)(H,16,18)(H,17,20). The maximum absolute atomic E-state index is 12.2. The molecule has 0 saturated heterocycles. The van der Waals surface area contributed by atoms with Crippen LogP contribution in [0.25, 0.3) is 0 Å². The molecule has 3 aromatic rings. The normalized spacial score (nSPS) is 11.2. The van der Waals surface area contributed by atoms with E-state index in [0.717, 1.165) is 0 Å². The van der Waals surface area contributed by atoms with Crippen LogP contribution >= 0.6 is 33.9 Å². The number of aromatic nitrogens is 3. The summed E-state index contributed by atoms with van der Waals surface area (Å²) < 4.78 is 27.5. The van der Waals surface area contributed by atoms with Crippen molar-refractivity contribution < 1.29 is 13.2 Å². The smallest absolute Gasteiger partial charge is 0.274 e. The molecular weight excluding hydrogens is 465 g/mol. The van der Waals surface area contributed by atoms with E-state index in [0.29, 0.717) is 20.1 Å². The van der Waals surface area contributed by atoms with Crippen molar-refractivity contribution >= 4 is 60.7 Å². The molecule has 3 rings (SSSR count). The van der Waals surface area contributed by atoms with Crippen LogP contribution in [0.1, 0.15) is 10.5 Å². The number of amides is 1. The number of carbonyl (C=O) groups is 1. The van der Waals surface area contributed by atoms with Gasteiger partial charge >= 0.3 is 0 Å². The van der Waals surface area contributed by atoms with Crippen LogP contribution in [-0.4, -0.2) is 29.5 Å². The fourth-order valence-electron chi connectivity index (χ4n) is 1.79. The van der Waals surface area contributed by atoms with Crippen molar-refractivity contribution in [2.75, 3.05) is 10.0 Å². The van der Waals surface area contributed by atoms with Crippen LogP contribution in [0.15, 0.2) is 46.9 Å². The number of hydrogen-bond acceptors (Lipinski definition) is 6. The molecule has 0 aliphatic rings. The van der Waals surface area contributed by atoms with Gasteiger partial charge in [-0.05, 0) is 46.9 Å². The monoisotopic (exact) mass is 475 g/mol. The number of halogens is 1. The lowest BCUT2D eigenvalue weighted by atomic mass is 10.3. The minimum atomic E-state index is -3.71. The summed E-state index contributed by atoms with van der Waals surface area (Å²) in [5.41, 5.74) is 0.816. The quantitative estimate of drug-likeness (QED) is 0.491. The van der Waals surface area contributed by atoms with Crippen LogP contribution in [0.4, 0.5) is 10.8 Å². The van der Waals surface area contributed by atoms with Gasteiger partial charge in [0.2, 0.25) is 0 Å². The third-order valence-corrected chi connectivity index (χ3v) is 5.89. The molecule has 8 nitrogen and oxygen atoms in total. The Bertz CT molecular complexity index is 952. The molecule has 11 heteroatoms. The van der Waals surface area contributed by atoms with Crippen molar-refractivity contribution in [2.45, 2.75) is 4.90 Å². The zero-order valence-electron chi connectivity index (χ0n) is 11.9. The van der Waals surface area contributed by atoms with E-state index in [2.05, 4.69) is 25.2 Å². The van der Waals surface area contributed by atoms with Crippen LogP contribution in [0.5, 0.6) is 0 Å². The summed E-state index contributed by atoms with van der Waals surface area (Å²) in [6.07, 6.45) is 3.05. The average Bonchev–Trinajstić information content (AvgIpc) is 3.19. The van der Waals surface area contributed by atoms with E-state index in [1.807, 2.05) is 22.6 Å². The van der Waals surface area contributed by atoms with Crippen LogP contribution < -0.4 is 10.0 Å². The van der Waals surface area contributed by atoms with Crippen LogP contribution in [-0.2, 0) is 10.0 Å². The maximum Gasteiger partial charge on any atom is 0.274 e. The first-order chi connectivity index (χ1) is 11.5. The van der Waals surface area contributed by atoms with Crippen LogP contribution in [0.3, 0.4) is 0 Å². The highest BCUT2D eigenvalue weighted by Crippen LogP contribution is 2.20. The molecule has 0 fully saturated rings. The lowest BCUT2D eigenvalue weighted by Gasteiger charge is -2.07. The molecule has 0 unspecified atom stereocenters. The lowest BCUT2D eigenvalue weighted by Crippen LogP contribution is -2.15. The number of hydrogen-bond donors (Lipinski definition) is 3. The summed E-state index contributed by atoms with van der Waals surface area (Å²) in [5, 5.41) is 11.0. The molecule has 0 bridgehead atoms. The van der Waals surface area contributed by atoms with Gasteiger partial charge in [-0.2, -0.15) is 5.10 Å². The molecule has 0 atom stereocenters. The van der Waals surface area contributed by atoms with E-state index < -0.39 is 10.0 Å². The summed E-state index contributed by atoms with van der Waals surface area (Å²) in [7, 11) is -3.71. The van der Waals surface area contributed by atoms with Gasteiger partial charge in [-0.3, -0.25) is 14.6 Å². The fraction of sp³-hybridized carbons (Fsp3) is 0. The molecule has 0 aliphatic carbocycles. The van der Waals surface area contributed by atoms with Gasteiger partial charge in [0.15, 0.2) is 5.13 Å². The first-order valence-corrected chi connectivity index (χ1v) is 9.92. The minimum absolute atomic E-state index is 0.0758. The molecular formula is C13H10IN5O3S2. The zero-order chi connectivity index (χ0) is 17.2. The predicted octanol–water partition coefficient (Wildman–Crippen LogP) is 2.52. The first-order valence-electron chi connectivity index (χ1n) is 6.48. The number of H-pyrrole nitrogens is 1. The third kappa shape index (κ3) is 3.73. The number of aromatic amines is 1. The van der Waals surface area contributed by atoms with Gasteiger partial charge in [-0.25, -0.2) is 13.4 Å². The first kappa shape index (κ1) is 16.9. The van der Waals surface area contributed by atoms with E-state index in [9.17, 15) is 13.2 Å². The second kappa shape index (κ2) is 6.86. The average molecular weight is 475 g/mol. The number of sulfonamides is 1. The minimum Gasteiger partial charge on any atom is -0.321 e. The maximum atomic E-state index is 12.2. The molecule has 1 amide bonds. The van der Waals surface area contributed by atoms with Gasteiger partial charge < -0.3 is 5.32 Å². The third-order valence-electron chi connectivity index (χ3n) is 2.90. The molecule has 0 aliphatic heterocycles. The summed E-state index contributed by atoms with van der Waals surface area (Å²) in [6, 6.07) is 5.84. The van der Waals surface area contributed by atoms with Gasteiger partial charge in [-0.15, -0.1) is 11.3 Å². The van der Waals surface area contributed by atoms with Crippen molar-refractivity contribution in [2.24, 2.45) is 0 Å². The molecule has 0 saturated carbocycles. The molecule has 2 aromatic heterocycles. The van der Waals surface area contributed by atoms with Crippen molar-refractivity contribution in [1.82, 2.24) is 15.2 Å². The number of anilines is 2. The Balaban J connectivity index is 1.73. The molecule has 124 valence electrons. The van der Waals surface area contributed by atoms with Gasteiger partial charge in [0, 0.05) is 17.3 Å². The highest BCUT2D eigenvalue weighted by Gasteiger charge is 2.16. The molecule has 2 heterocycles. The van der Waals surface area contributed by atoms with Crippen molar-refractivity contribution in [3.05, 3.63) is 51.3 Å². The Morgan fingerprint density at radius 2 is 2.00 bits per heavy atom. The summed E-state index contributed by atoms with van der Waals surface area (Å²) >= 11 is 3.18. The molecule has 24 heavy (non-hydrogen) atoms. The number of nitrogens with one attached hydrogen (secondary N) is 3. The Morgan fingerprint density at radius 3 is 2.58 bits per heavy atom. The van der Waals surface area contributed by atoms with Crippen molar-refractivity contribution in [3.8, 4) is 0 Å². The van der Waals surface area contributed by atoms with Crippen LogP contribution in [0.2, 0.25) is 0 Å². The Hall–Kier alpha value is -1.99. The van der Waals surface area contributed by atoms with Gasteiger partial charge in [0.05, 0.1) is 14.7 Å². The Morgan fingerprint density at radius 1 is 1.25 bits per heavy atom. The van der Waals surface area contributed by atoms with Gasteiger partial charge in [0.1, 0.15) is 5.69 Å². The summed E-state index contributed by atoms with van der Waals surface area (Å²) in [4.78, 5) is 16.0. The van der Waals surface area contributed by atoms with E-state index in [-0.39, 0.29) is 10.8 Å². The van der Waals surface area contributed by atoms with E-state index in [1.165, 1.54) is 48.0 Å². The van der Waals surface area contributed by atoms with Crippen molar-refractivity contribution in [3.63, 3.8) is 0 Å². The number of nitrogens with zero attached hydrogens (tertiary/aromatic N) is 2. The van der Waals surface area contributed by atoms with Crippen molar-refractivity contribution in [1.29, 1.82) is 0 Å². The van der Waals surface area contributed by atoms with Crippen LogP contribution in [0, 0.1) is 3.57 Å². The van der Waals surface area contributed by atoms with E-state index in [4.69, 9.17) is 0 Å². The largest absolute Gasteiger partial charge is 0.321 e. The second-order valence-corrected chi connectivity index (χ2v) is 8.25. The van der Waals surface area contributed by atoms with E-state index >= 15 is 0 Å². The van der Waals surface area contributed by atoms with E-state index in [1.54, 1.807) is 5.38 Å². The topological polar surface area (TPSA) is 117 Å². The second-order valence-electron chi connectivity index (χ2n) is 4.51. The summed E-state index contributed by atoms with van der Waals surface area (Å²) in [6.45, 7) is 0. The van der Waals surface area contributed by atoms with Gasteiger partial charge in [-0.1, -0.05) is 0 Å².